The van der Waals surface area contributed by atoms with Crippen molar-refractivity contribution in [2.45, 2.75) is 26.9 Å². The fourth-order valence-corrected chi connectivity index (χ4v) is 2.05. The van der Waals surface area contributed by atoms with E-state index < -0.39 is 0 Å². The molecule has 1 aromatic carbocycles. The number of aryl methyl sites for hydroxylation is 2. The highest BCUT2D eigenvalue weighted by atomic mass is 16.5. The normalized spacial score (nSPS) is 10.7. The van der Waals surface area contributed by atoms with Crippen LogP contribution >= 0.6 is 0 Å². The molecule has 1 aromatic heterocycles. The first-order chi connectivity index (χ1) is 9.10. The zero-order valence-corrected chi connectivity index (χ0v) is 11.5. The second kappa shape index (κ2) is 5.68. The molecule has 0 N–H and O–H groups in total. The van der Waals surface area contributed by atoms with Gasteiger partial charge in [0.25, 0.3) is 0 Å². The van der Waals surface area contributed by atoms with E-state index in [9.17, 15) is 0 Å². The Morgan fingerprint density at radius 1 is 1.21 bits per heavy atom. The van der Waals surface area contributed by atoms with Gasteiger partial charge < -0.3 is 4.52 Å². The van der Waals surface area contributed by atoms with E-state index in [1.165, 1.54) is 5.56 Å². The van der Waals surface area contributed by atoms with Crippen molar-refractivity contribution in [3.8, 4) is 6.07 Å². The topological polar surface area (TPSA) is 53.1 Å². The lowest BCUT2D eigenvalue weighted by molar-refractivity contribution is 0.315. The molecule has 2 aromatic rings. The first-order valence-electron chi connectivity index (χ1n) is 6.19. The van der Waals surface area contributed by atoms with Gasteiger partial charge in [0, 0.05) is 18.7 Å². The van der Waals surface area contributed by atoms with E-state index in [1.807, 2.05) is 38.1 Å². The van der Waals surface area contributed by atoms with Gasteiger partial charge in [-0.1, -0.05) is 17.3 Å². The maximum Gasteiger partial charge on any atom is 0.138 e. The van der Waals surface area contributed by atoms with E-state index in [-0.39, 0.29) is 0 Å². The first kappa shape index (κ1) is 13.3. The molecule has 0 bridgehead atoms. The predicted octanol–water partition coefficient (Wildman–Crippen LogP) is 2.80. The Bertz CT molecular complexity index is 573. The summed E-state index contributed by atoms with van der Waals surface area (Å²) in [6.07, 6.45) is 0. The Labute approximate surface area is 113 Å². The number of aromatic nitrogens is 1. The average Bonchev–Trinajstić information content (AvgIpc) is 2.71. The number of hydrogen-bond acceptors (Lipinski definition) is 4. The summed E-state index contributed by atoms with van der Waals surface area (Å²) in [6.45, 7) is 5.53. The van der Waals surface area contributed by atoms with E-state index >= 15 is 0 Å². The number of nitriles is 1. The van der Waals surface area contributed by atoms with E-state index in [2.05, 4.69) is 23.2 Å². The maximum absolute atomic E-state index is 8.76. The van der Waals surface area contributed by atoms with Crippen LogP contribution in [0.15, 0.2) is 28.8 Å². The van der Waals surface area contributed by atoms with Crippen molar-refractivity contribution in [3.05, 3.63) is 52.4 Å². The van der Waals surface area contributed by atoms with Crippen LogP contribution in [0.4, 0.5) is 0 Å². The Morgan fingerprint density at radius 3 is 2.42 bits per heavy atom. The molecule has 0 unspecified atom stereocenters. The minimum atomic E-state index is 0.692. The smallest absolute Gasteiger partial charge is 0.138 e. The van der Waals surface area contributed by atoms with Crippen LogP contribution in [-0.2, 0) is 13.1 Å². The summed E-state index contributed by atoms with van der Waals surface area (Å²) < 4.78 is 5.16. The van der Waals surface area contributed by atoms with Gasteiger partial charge in [-0.3, -0.25) is 4.90 Å². The third kappa shape index (κ3) is 3.21. The molecular formula is C15H17N3O. The van der Waals surface area contributed by atoms with Gasteiger partial charge in [0.1, 0.15) is 5.76 Å². The van der Waals surface area contributed by atoms with Gasteiger partial charge in [0.05, 0.1) is 17.3 Å². The molecule has 4 heteroatoms. The van der Waals surface area contributed by atoms with Gasteiger partial charge in [-0.2, -0.15) is 5.26 Å². The first-order valence-corrected chi connectivity index (χ1v) is 6.19. The molecule has 19 heavy (non-hydrogen) atoms. The van der Waals surface area contributed by atoms with Crippen LogP contribution in [0.2, 0.25) is 0 Å². The molecule has 0 saturated heterocycles. The highest BCUT2D eigenvalue weighted by Gasteiger charge is 2.11. The standard InChI is InChI=1S/C15H17N3O/c1-11-15(12(2)19-17-11)10-18(3)9-14-6-4-13(8-16)5-7-14/h4-7H,9-10H2,1-3H3. The zero-order chi connectivity index (χ0) is 13.8. The molecule has 0 amide bonds. The summed E-state index contributed by atoms with van der Waals surface area (Å²) in [7, 11) is 2.06. The third-order valence-electron chi connectivity index (χ3n) is 3.14. The largest absolute Gasteiger partial charge is 0.361 e. The highest BCUT2D eigenvalue weighted by molar-refractivity contribution is 5.31. The fraction of sp³-hybridized carbons (Fsp3) is 0.333. The van der Waals surface area contributed by atoms with Crippen LogP contribution < -0.4 is 0 Å². The lowest BCUT2D eigenvalue weighted by atomic mass is 10.1. The Morgan fingerprint density at radius 2 is 1.89 bits per heavy atom. The molecule has 0 aliphatic carbocycles. The highest BCUT2D eigenvalue weighted by Crippen LogP contribution is 2.15. The van der Waals surface area contributed by atoms with Gasteiger partial charge in [-0.15, -0.1) is 0 Å². The van der Waals surface area contributed by atoms with Crippen LogP contribution in [-0.4, -0.2) is 17.1 Å². The molecule has 1 heterocycles. The summed E-state index contributed by atoms with van der Waals surface area (Å²) in [5, 5.41) is 12.7. The van der Waals surface area contributed by atoms with Gasteiger partial charge in [-0.25, -0.2) is 0 Å². The minimum Gasteiger partial charge on any atom is -0.361 e. The zero-order valence-electron chi connectivity index (χ0n) is 11.5. The number of rotatable bonds is 4. The van der Waals surface area contributed by atoms with E-state index in [4.69, 9.17) is 9.78 Å². The minimum absolute atomic E-state index is 0.692. The van der Waals surface area contributed by atoms with Crippen LogP contribution in [0.1, 0.15) is 28.1 Å². The Kier molecular flexibility index (Phi) is 3.98. The van der Waals surface area contributed by atoms with Gasteiger partial charge >= 0.3 is 0 Å². The lowest BCUT2D eigenvalue weighted by Crippen LogP contribution is -2.18. The summed E-state index contributed by atoms with van der Waals surface area (Å²) in [4.78, 5) is 2.20. The van der Waals surface area contributed by atoms with E-state index in [1.54, 1.807) is 0 Å². The summed E-state index contributed by atoms with van der Waals surface area (Å²) in [5.41, 5.74) is 3.98. The van der Waals surface area contributed by atoms with Crippen molar-refractivity contribution >= 4 is 0 Å². The number of benzene rings is 1. The monoisotopic (exact) mass is 255 g/mol. The molecule has 4 nitrogen and oxygen atoms in total. The quantitative estimate of drug-likeness (QED) is 0.843. The second-order valence-electron chi connectivity index (χ2n) is 4.78. The van der Waals surface area contributed by atoms with Gasteiger partial charge in [-0.05, 0) is 38.6 Å². The van der Waals surface area contributed by atoms with E-state index in [0.29, 0.717) is 5.56 Å². The molecule has 0 aliphatic heterocycles. The van der Waals surface area contributed by atoms with Crippen molar-refractivity contribution in [2.75, 3.05) is 7.05 Å². The summed E-state index contributed by atoms with van der Waals surface area (Å²) >= 11 is 0. The average molecular weight is 255 g/mol. The maximum atomic E-state index is 8.76. The molecule has 98 valence electrons. The predicted molar refractivity (Wildman–Crippen MR) is 72.3 cm³/mol. The molecule has 0 atom stereocenters. The van der Waals surface area contributed by atoms with Gasteiger partial charge in [0.15, 0.2) is 0 Å². The van der Waals surface area contributed by atoms with Crippen LogP contribution in [0.3, 0.4) is 0 Å². The lowest BCUT2D eigenvalue weighted by Gasteiger charge is -2.16. The molecule has 2 rings (SSSR count). The Hall–Kier alpha value is -2.12. The second-order valence-corrected chi connectivity index (χ2v) is 4.78. The van der Waals surface area contributed by atoms with Crippen molar-refractivity contribution < 1.29 is 4.52 Å². The van der Waals surface area contributed by atoms with Crippen molar-refractivity contribution in [1.82, 2.24) is 10.1 Å². The van der Waals surface area contributed by atoms with Crippen molar-refractivity contribution in [1.29, 1.82) is 5.26 Å². The van der Waals surface area contributed by atoms with Crippen LogP contribution in [0.25, 0.3) is 0 Å². The van der Waals surface area contributed by atoms with Crippen molar-refractivity contribution in [3.63, 3.8) is 0 Å². The van der Waals surface area contributed by atoms with Gasteiger partial charge in [0.2, 0.25) is 0 Å². The number of nitrogens with zero attached hydrogens (tertiary/aromatic N) is 3. The SMILES string of the molecule is Cc1noc(C)c1CN(C)Cc1ccc(C#N)cc1. The molecule has 0 spiro atoms. The summed E-state index contributed by atoms with van der Waals surface area (Å²) in [6, 6.07) is 9.79. The number of hydrogen-bond donors (Lipinski definition) is 0. The molecular weight excluding hydrogens is 238 g/mol. The van der Waals surface area contributed by atoms with Crippen LogP contribution in [0.5, 0.6) is 0 Å². The third-order valence-corrected chi connectivity index (χ3v) is 3.14. The molecule has 0 saturated carbocycles. The van der Waals surface area contributed by atoms with Crippen molar-refractivity contribution in [2.24, 2.45) is 0 Å². The molecule has 0 fully saturated rings. The van der Waals surface area contributed by atoms with Crippen LogP contribution in [0, 0.1) is 25.2 Å². The van der Waals surface area contributed by atoms with E-state index in [0.717, 1.165) is 30.1 Å². The molecule has 0 aliphatic rings. The Balaban J connectivity index is 2.01. The molecule has 0 radical (unpaired) electrons. The fourth-order valence-electron chi connectivity index (χ4n) is 2.05. The summed E-state index contributed by atoms with van der Waals surface area (Å²) in [5.74, 6) is 0.879.